The summed E-state index contributed by atoms with van der Waals surface area (Å²) in [5, 5.41) is 14.7. The number of rotatable bonds is 8. The number of carbonyl (C=O) groups is 1. The number of sulfonamides is 1. The summed E-state index contributed by atoms with van der Waals surface area (Å²) in [6.45, 7) is 2.12. The normalized spacial score (nSPS) is 12.3. The SMILES string of the molecule is CCOc1ccccc1C(=O)NS(=O)(=O)c1ccc(NC(O)NC)cc1. The Morgan fingerprint density at radius 2 is 1.81 bits per heavy atom. The third-order valence-electron chi connectivity index (χ3n) is 3.40. The average Bonchev–Trinajstić information content (AvgIpc) is 2.62. The van der Waals surface area contributed by atoms with Crippen LogP contribution in [-0.2, 0) is 10.0 Å². The summed E-state index contributed by atoms with van der Waals surface area (Å²) in [6.07, 6.45) is -0.966. The monoisotopic (exact) mass is 379 g/mol. The van der Waals surface area contributed by atoms with Crippen molar-refractivity contribution in [2.45, 2.75) is 18.2 Å². The number of aliphatic hydroxyl groups is 1. The van der Waals surface area contributed by atoms with Crippen molar-refractivity contribution in [2.24, 2.45) is 0 Å². The third kappa shape index (κ3) is 4.94. The molecule has 8 nitrogen and oxygen atoms in total. The van der Waals surface area contributed by atoms with E-state index in [1.807, 2.05) is 4.72 Å². The van der Waals surface area contributed by atoms with Crippen molar-refractivity contribution in [3.8, 4) is 5.75 Å². The second-order valence-electron chi connectivity index (χ2n) is 5.22. The molecule has 1 atom stereocenters. The maximum atomic E-state index is 12.4. The van der Waals surface area contributed by atoms with Crippen molar-refractivity contribution in [1.82, 2.24) is 10.0 Å². The molecule has 0 aliphatic heterocycles. The predicted octanol–water partition coefficient (Wildman–Crippen LogP) is 1.11. The van der Waals surface area contributed by atoms with Crippen LogP contribution in [0, 0.1) is 0 Å². The van der Waals surface area contributed by atoms with Gasteiger partial charge in [-0.15, -0.1) is 0 Å². The standard InChI is InChI=1S/C17H21N3O5S/c1-3-25-15-7-5-4-6-14(15)16(21)20-26(23,24)13-10-8-12(9-11-13)19-17(22)18-2/h4-11,17-19,22H,3H2,1-2H3,(H,20,21). The van der Waals surface area contributed by atoms with Crippen molar-refractivity contribution < 1.29 is 23.1 Å². The van der Waals surface area contributed by atoms with Crippen molar-refractivity contribution in [3.05, 3.63) is 54.1 Å². The number of carbonyl (C=O) groups excluding carboxylic acids is 1. The lowest BCUT2D eigenvalue weighted by molar-refractivity contribution is 0.0977. The number of hydrogen-bond donors (Lipinski definition) is 4. The summed E-state index contributed by atoms with van der Waals surface area (Å²) in [5.41, 5.74) is 0.646. The maximum Gasteiger partial charge on any atom is 0.268 e. The van der Waals surface area contributed by atoms with Crippen LogP contribution in [0.4, 0.5) is 5.69 Å². The molecule has 9 heteroatoms. The van der Waals surface area contributed by atoms with Crippen molar-refractivity contribution >= 4 is 21.6 Å². The first kappa shape index (κ1) is 19.7. The van der Waals surface area contributed by atoms with Gasteiger partial charge >= 0.3 is 0 Å². The number of aliphatic hydroxyl groups excluding tert-OH is 1. The molecule has 2 rings (SSSR count). The van der Waals surface area contributed by atoms with E-state index in [1.165, 1.54) is 30.3 Å². The van der Waals surface area contributed by atoms with E-state index < -0.39 is 22.3 Å². The van der Waals surface area contributed by atoms with Crippen LogP contribution in [0.25, 0.3) is 0 Å². The van der Waals surface area contributed by atoms with Crippen LogP contribution >= 0.6 is 0 Å². The zero-order valence-electron chi connectivity index (χ0n) is 14.4. The van der Waals surface area contributed by atoms with Crippen LogP contribution in [0.1, 0.15) is 17.3 Å². The molecule has 4 N–H and O–H groups in total. The lowest BCUT2D eigenvalue weighted by atomic mass is 10.2. The van der Waals surface area contributed by atoms with Gasteiger partial charge in [0, 0.05) is 5.69 Å². The van der Waals surface area contributed by atoms with Crippen LogP contribution in [0.5, 0.6) is 5.75 Å². The molecule has 0 radical (unpaired) electrons. The molecule has 0 saturated heterocycles. The van der Waals surface area contributed by atoms with Crippen molar-refractivity contribution in [3.63, 3.8) is 0 Å². The lowest BCUT2D eigenvalue weighted by Gasteiger charge is -2.14. The fraction of sp³-hybridized carbons (Fsp3) is 0.235. The smallest absolute Gasteiger partial charge is 0.268 e. The summed E-state index contributed by atoms with van der Waals surface area (Å²) in [7, 11) is -2.49. The predicted molar refractivity (Wildman–Crippen MR) is 97.4 cm³/mol. The highest BCUT2D eigenvalue weighted by atomic mass is 32.2. The Hall–Kier alpha value is -2.62. The Bertz CT molecular complexity index is 853. The quantitative estimate of drug-likeness (QED) is 0.508. The van der Waals surface area contributed by atoms with Gasteiger partial charge in [0.25, 0.3) is 15.9 Å². The zero-order chi connectivity index (χ0) is 19.2. The second kappa shape index (κ2) is 8.65. The lowest BCUT2D eigenvalue weighted by Crippen LogP contribution is -2.32. The van der Waals surface area contributed by atoms with E-state index in [2.05, 4.69) is 10.6 Å². The van der Waals surface area contributed by atoms with Gasteiger partial charge in [-0.2, -0.15) is 0 Å². The summed E-state index contributed by atoms with van der Waals surface area (Å²) < 4.78 is 32.2. The third-order valence-corrected chi connectivity index (χ3v) is 4.75. The second-order valence-corrected chi connectivity index (χ2v) is 6.91. The first-order valence-corrected chi connectivity index (χ1v) is 9.36. The molecule has 1 unspecified atom stereocenters. The highest BCUT2D eigenvalue weighted by Crippen LogP contribution is 2.19. The minimum Gasteiger partial charge on any atom is -0.493 e. The molecule has 0 bridgehead atoms. The number of para-hydroxylation sites is 1. The number of anilines is 1. The summed E-state index contributed by atoms with van der Waals surface area (Å²) in [6, 6.07) is 12.0. The molecular weight excluding hydrogens is 358 g/mol. The largest absolute Gasteiger partial charge is 0.493 e. The van der Waals surface area contributed by atoms with Crippen LogP contribution < -0.4 is 20.1 Å². The molecular formula is C17H21N3O5S. The molecule has 0 spiro atoms. The number of amides is 1. The van der Waals surface area contributed by atoms with Gasteiger partial charge in [0.15, 0.2) is 6.35 Å². The van der Waals surface area contributed by atoms with E-state index in [0.29, 0.717) is 18.0 Å². The molecule has 140 valence electrons. The zero-order valence-corrected chi connectivity index (χ0v) is 15.2. The van der Waals surface area contributed by atoms with E-state index in [9.17, 15) is 18.3 Å². The fourth-order valence-electron chi connectivity index (χ4n) is 2.13. The van der Waals surface area contributed by atoms with E-state index in [0.717, 1.165) is 0 Å². The molecule has 0 aliphatic rings. The van der Waals surface area contributed by atoms with Crippen LogP contribution in [0.15, 0.2) is 53.4 Å². The topological polar surface area (TPSA) is 117 Å². The minimum absolute atomic E-state index is 0.0794. The summed E-state index contributed by atoms with van der Waals surface area (Å²) >= 11 is 0. The highest BCUT2D eigenvalue weighted by Gasteiger charge is 2.21. The first-order valence-electron chi connectivity index (χ1n) is 7.88. The molecule has 0 heterocycles. The molecule has 0 fully saturated rings. The van der Waals surface area contributed by atoms with Crippen LogP contribution in [-0.4, -0.2) is 39.4 Å². The van der Waals surface area contributed by atoms with E-state index in [1.54, 1.807) is 32.2 Å². The number of nitrogens with one attached hydrogen (secondary N) is 3. The number of benzene rings is 2. The molecule has 0 aromatic heterocycles. The van der Waals surface area contributed by atoms with Crippen LogP contribution in [0.2, 0.25) is 0 Å². The van der Waals surface area contributed by atoms with Gasteiger partial charge in [-0.25, -0.2) is 13.1 Å². The summed E-state index contributed by atoms with van der Waals surface area (Å²) in [4.78, 5) is 12.3. The molecule has 0 aliphatic carbocycles. The Labute approximate surface area is 152 Å². The van der Waals surface area contributed by atoms with Gasteiger partial charge < -0.3 is 15.2 Å². The van der Waals surface area contributed by atoms with Crippen molar-refractivity contribution in [1.29, 1.82) is 0 Å². The van der Waals surface area contributed by atoms with Gasteiger partial charge in [-0.3, -0.25) is 10.1 Å². The molecule has 0 saturated carbocycles. The first-order chi connectivity index (χ1) is 12.4. The molecule has 2 aromatic rings. The number of ether oxygens (including phenoxy) is 1. The highest BCUT2D eigenvalue weighted by molar-refractivity contribution is 7.90. The van der Waals surface area contributed by atoms with Crippen LogP contribution in [0.3, 0.4) is 0 Å². The fourth-order valence-corrected chi connectivity index (χ4v) is 3.10. The van der Waals surface area contributed by atoms with E-state index in [-0.39, 0.29) is 10.5 Å². The Morgan fingerprint density at radius 1 is 1.15 bits per heavy atom. The molecule has 2 aromatic carbocycles. The van der Waals surface area contributed by atoms with E-state index >= 15 is 0 Å². The van der Waals surface area contributed by atoms with Gasteiger partial charge in [-0.1, -0.05) is 12.1 Å². The van der Waals surface area contributed by atoms with Crippen molar-refractivity contribution in [2.75, 3.05) is 19.0 Å². The van der Waals surface area contributed by atoms with E-state index in [4.69, 9.17) is 4.74 Å². The minimum atomic E-state index is -4.05. The Balaban J connectivity index is 2.17. The summed E-state index contributed by atoms with van der Waals surface area (Å²) in [5.74, 6) is -0.467. The molecule has 26 heavy (non-hydrogen) atoms. The Morgan fingerprint density at radius 3 is 2.42 bits per heavy atom. The maximum absolute atomic E-state index is 12.4. The molecule has 1 amide bonds. The Kier molecular flexibility index (Phi) is 6.56. The van der Waals surface area contributed by atoms with Gasteiger partial charge in [0.2, 0.25) is 0 Å². The number of hydrogen-bond acceptors (Lipinski definition) is 7. The van der Waals surface area contributed by atoms with Gasteiger partial charge in [0.1, 0.15) is 5.75 Å². The van der Waals surface area contributed by atoms with Gasteiger partial charge in [0.05, 0.1) is 17.1 Å². The average molecular weight is 379 g/mol. The van der Waals surface area contributed by atoms with Gasteiger partial charge in [-0.05, 0) is 50.4 Å².